The van der Waals surface area contributed by atoms with Gasteiger partial charge in [-0.25, -0.2) is 13.1 Å². The first kappa shape index (κ1) is 13.9. The second-order valence-electron chi connectivity index (χ2n) is 2.89. The monoisotopic (exact) mass is 233 g/mol. The molecule has 0 aromatic rings. The van der Waals surface area contributed by atoms with Crippen LogP contribution in [0.15, 0.2) is 0 Å². The SMILES string of the molecule is C#CCCCCNS(=O)(=O)CC(=O)OC. The summed E-state index contributed by atoms with van der Waals surface area (Å²) in [7, 11) is -2.41. The molecule has 0 fully saturated rings. The van der Waals surface area contributed by atoms with E-state index in [1.54, 1.807) is 0 Å². The smallest absolute Gasteiger partial charge is 0.322 e. The molecular weight excluding hydrogens is 218 g/mol. The summed E-state index contributed by atoms with van der Waals surface area (Å²) in [4.78, 5) is 10.7. The Morgan fingerprint density at radius 1 is 1.47 bits per heavy atom. The molecule has 0 spiro atoms. The average Bonchev–Trinajstić information content (AvgIpc) is 2.16. The van der Waals surface area contributed by atoms with Gasteiger partial charge in [-0.1, -0.05) is 0 Å². The molecule has 0 rings (SSSR count). The number of nitrogens with one attached hydrogen (secondary N) is 1. The number of methoxy groups -OCH3 is 1. The van der Waals surface area contributed by atoms with E-state index in [1.807, 2.05) is 0 Å². The number of rotatable bonds is 7. The van der Waals surface area contributed by atoms with Gasteiger partial charge in [0, 0.05) is 13.0 Å². The maximum Gasteiger partial charge on any atom is 0.322 e. The minimum atomic E-state index is -3.56. The number of carbonyl (C=O) groups is 1. The van der Waals surface area contributed by atoms with Crippen molar-refractivity contribution in [3.63, 3.8) is 0 Å². The van der Waals surface area contributed by atoms with Crippen LogP contribution in [-0.2, 0) is 19.6 Å². The summed E-state index contributed by atoms with van der Waals surface area (Å²) in [6.07, 6.45) is 7.07. The van der Waals surface area contributed by atoms with Crippen molar-refractivity contribution in [2.75, 3.05) is 19.4 Å². The van der Waals surface area contributed by atoms with Gasteiger partial charge in [0.1, 0.15) is 0 Å². The minimum absolute atomic E-state index is 0.293. The standard InChI is InChI=1S/C9H15NO4S/c1-3-4-5-6-7-10-15(12,13)8-9(11)14-2/h1,10H,4-8H2,2H3. The van der Waals surface area contributed by atoms with Crippen molar-refractivity contribution in [2.45, 2.75) is 19.3 Å². The van der Waals surface area contributed by atoms with Crippen molar-refractivity contribution in [3.8, 4) is 12.3 Å². The molecule has 0 bridgehead atoms. The second kappa shape index (κ2) is 7.26. The van der Waals surface area contributed by atoms with Crippen molar-refractivity contribution >= 4 is 16.0 Å². The van der Waals surface area contributed by atoms with E-state index < -0.39 is 21.7 Å². The third kappa shape index (κ3) is 7.97. The van der Waals surface area contributed by atoms with Gasteiger partial charge in [-0.05, 0) is 12.8 Å². The van der Waals surface area contributed by atoms with Crippen LogP contribution in [0.3, 0.4) is 0 Å². The highest BCUT2D eigenvalue weighted by molar-refractivity contribution is 7.90. The van der Waals surface area contributed by atoms with Crippen LogP contribution in [0.1, 0.15) is 19.3 Å². The van der Waals surface area contributed by atoms with Crippen LogP contribution < -0.4 is 4.72 Å². The van der Waals surface area contributed by atoms with Crippen molar-refractivity contribution in [3.05, 3.63) is 0 Å². The van der Waals surface area contributed by atoms with Crippen LogP contribution in [-0.4, -0.2) is 33.8 Å². The minimum Gasteiger partial charge on any atom is -0.468 e. The van der Waals surface area contributed by atoms with E-state index in [4.69, 9.17) is 6.42 Å². The fourth-order valence-electron chi connectivity index (χ4n) is 0.845. The molecule has 0 heterocycles. The van der Waals surface area contributed by atoms with Crippen LogP contribution in [0.25, 0.3) is 0 Å². The van der Waals surface area contributed by atoms with Gasteiger partial charge in [0.25, 0.3) is 0 Å². The molecule has 0 aromatic heterocycles. The summed E-state index contributed by atoms with van der Waals surface area (Å²) in [5.41, 5.74) is 0. The molecule has 0 aromatic carbocycles. The zero-order chi connectivity index (χ0) is 11.7. The Kier molecular flexibility index (Phi) is 6.75. The maximum absolute atomic E-state index is 11.2. The van der Waals surface area contributed by atoms with Gasteiger partial charge in [0.05, 0.1) is 7.11 Å². The normalized spacial score (nSPS) is 10.7. The molecule has 6 heteroatoms. The Hall–Kier alpha value is -1.06. The molecular formula is C9H15NO4S. The summed E-state index contributed by atoms with van der Waals surface area (Å²) in [6.45, 7) is 0.293. The highest BCUT2D eigenvalue weighted by Crippen LogP contribution is 1.93. The van der Waals surface area contributed by atoms with Gasteiger partial charge in [0.2, 0.25) is 10.0 Å². The Morgan fingerprint density at radius 2 is 2.13 bits per heavy atom. The molecule has 0 unspecified atom stereocenters. The van der Waals surface area contributed by atoms with Gasteiger partial charge in [-0.2, -0.15) is 0 Å². The van der Waals surface area contributed by atoms with Crippen LogP contribution in [0.5, 0.6) is 0 Å². The number of sulfonamides is 1. The summed E-state index contributed by atoms with van der Waals surface area (Å²) in [6, 6.07) is 0. The van der Waals surface area contributed by atoms with Gasteiger partial charge in [0.15, 0.2) is 5.75 Å². The van der Waals surface area contributed by atoms with E-state index in [1.165, 1.54) is 0 Å². The fraction of sp³-hybridized carbons (Fsp3) is 0.667. The Bertz CT molecular complexity index is 329. The maximum atomic E-state index is 11.2. The van der Waals surface area contributed by atoms with E-state index in [0.717, 1.165) is 13.5 Å². The quantitative estimate of drug-likeness (QED) is 0.378. The predicted molar refractivity (Wildman–Crippen MR) is 56.5 cm³/mol. The number of hydrogen-bond donors (Lipinski definition) is 1. The van der Waals surface area contributed by atoms with Gasteiger partial charge < -0.3 is 4.74 Å². The van der Waals surface area contributed by atoms with Gasteiger partial charge in [-0.15, -0.1) is 12.3 Å². The largest absolute Gasteiger partial charge is 0.468 e. The van der Waals surface area contributed by atoms with Crippen LogP contribution in [0.4, 0.5) is 0 Å². The van der Waals surface area contributed by atoms with Crippen LogP contribution >= 0.6 is 0 Å². The van der Waals surface area contributed by atoms with Crippen molar-refractivity contribution in [2.24, 2.45) is 0 Å². The fourth-order valence-corrected chi connectivity index (χ4v) is 1.83. The molecule has 5 nitrogen and oxygen atoms in total. The van der Waals surface area contributed by atoms with Crippen molar-refractivity contribution < 1.29 is 17.9 Å². The lowest BCUT2D eigenvalue weighted by molar-refractivity contribution is -0.137. The lowest BCUT2D eigenvalue weighted by atomic mass is 10.2. The first-order valence-electron chi connectivity index (χ1n) is 4.49. The van der Waals surface area contributed by atoms with Crippen molar-refractivity contribution in [1.82, 2.24) is 4.72 Å². The summed E-state index contributed by atoms with van der Waals surface area (Å²) >= 11 is 0. The number of unbranched alkanes of at least 4 members (excludes halogenated alkanes) is 2. The van der Waals surface area contributed by atoms with Gasteiger partial charge >= 0.3 is 5.97 Å². The van der Waals surface area contributed by atoms with Crippen LogP contribution in [0.2, 0.25) is 0 Å². The van der Waals surface area contributed by atoms with E-state index in [9.17, 15) is 13.2 Å². The first-order valence-corrected chi connectivity index (χ1v) is 6.14. The molecule has 0 amide bonds. The Labute approximate surface area is 90.2 Å². The second-order valence-corrected chi connectivity index (χ2v) is 4.70. The predicted octanol–water partition coefficient (Wildman–Crippen LogP) is -0.118. The number of esters is 1. The highest BCUT2D eigenvalue weighted by atomic mass is 32.2. The topological polar surface area (TPSA) is 72.5 Å². The third-order valence-corrected chi connectivity index (χ3v) is 2.87. The molecule has 0 aliphatic heterocycles. The highest BCUT2D eigenvalue weighted by Gasteiger charge is 2.15. The molecule has 0 saturated carbocycles. The van der Waals surface area contributed by atoms with Crippen molar-refractivity contribution in [1.29, 1.82) is 0 Å². The molecule has 0 aliphatic rings. The number of hydrogen-bond acceptors (Lipinski definition) is 4. The summed E-state index contributed by atoms with van der Waals surface area (Å²) < 4.78 is 28.9. The van der Waals surface area contributed by atoms with Crippen LogP contribution in [0, 0.1) is 12.3 Å². The number of terminal acetylenes is 1. The van der Waals surface area contributed by atoms with E-state index >= 15 is 0 Å². The summed E-state index contributed by atoms with van der Waals surface area (Å²) in [5, 5.41) is 0. The molecule has 86 valence electrons. The number of ether oxygens (including phenoxy) is 1. The third-order valence-electron chi connectivity index (χ3n) is 1.61. The Balaban J connectivity index is 3.76. The lowest BCUT2D eigenvalue weighted by Crippen LogP contribution is -2.31. The molecule has 1 N–H and O–H groups in total. The van der Waals surface area contributed by atoms with E-state index in [0.29, 0.717) is 19.4 Å². The van der Waals surface area contributed by atoms with E-state index in [2.05, 4.69) is 15.4 Å². The van der Waals surface area contributed by atoms with Gasteiger partial charge in [-0.3, -0.25) is 4.79 Å². The molecule has 0 saturated heterocycles. The average molecular weight is 233 g/mol. The molecule has 15 heavy (non-hydrogen) atoms. The molecule has 0 radical (unpaired) electrons. The molecule has 0 aliphatic carbocycles. The lowest BCUT2D eigenvalue weighted by Gasteiger charge is -2.04. The van der Waals surface area contributed by atoms with E-state index in [-0.39, 0.29) is 0 Å². The molecule has 0 atom stereocenters. The zero-order valence-corrected chi connectivity index (χ0v) is 9.47. The first-order chi connectivity index (χ1) is 7.02. The zero-order valence-electron chi connectivity index (χ0n) is 8.65. The summed E-state index contributed by atoms with van der Waals surface area (Å²) in [5.74, 6) is 1.04. The Morgan fingerprint density at radius 3 is 2.67 bits per heavy atom. The number of carbonyl (C=O) groups excluding carboxylic acids is 1.